The van der Waals surface area contributed by atoms with Crippen molar-refractivity contribution in [2.45, 2.75) is 26.3 Å². The Morgan fingerprint density at radius 3 is 3.00 bits per heavy atom. The van der Waals surface area contributed by atoms with E-state index in [-0.39, 0.29) is 6.04 Å². The van der Waals surface area contributed by atoms with Crippen LogP contribution in [0.4, 0.5) is 5.82 Å². The molecule has 0 saturated heterocycles. The average Bonchev–Trinajstić information content (AvgIpc) is 2.88. The van der Waals surface area contributed by atoms with Crippen LogP contribution in [0.15, 0.2) is 29.1 Å². The zero-order chi connectivity index (χ0) is 13.0. The Morgan fingerprint density at radius 1 is 1.50 bits per heavy atom. The number of nitrogens with two attached hydrogens (primary N) is 1. The number of pyridine rings is 1. The highest BCUT2D eigenvalue weighted by atomic mass is 32.1. The summed E-state index contributed by atoms with van der Waals surface area (Å²) in [6.45, 7) is 5.17. The van der Waals surface area contributed by atoms with Gasteiger partial charge in [0.2, 0.25) is 0 Å². The molecule has 2 aromatic heterocycles. The molecule has 4 heteroatoms. The fraction of sp³-hybridized carbons (Fsp3) is 0.357. The summed E-state index contributed by atoms with van der Waals surface area (Å²) in [5.74, 6) is 0.611. The molecule has 3 nitrogen and oxygen atoms in total. The summed E-state index contributed by atoms with van der Waals surface area (Å²) >= 11 is 1.70. The predicted octanol–water partition coefficient (Wildman–Crippen LogP) is 3.12. The number of aryl methyl sites for hydroxylation is 1. The van der Waals surface area contributed by atoms with Crippen LogP contribution in [0.3, 0.4) is 0 Å². The van der Waals surface area contributed by atoms with Crippen LogP contribution < -0.4 is 11.1 Å². The van der Waals surface area contributed by atoms with E-state index in [9.17, 15) is 0 Å². The van der Waals surface area contributed by atoms with Crippen LogP contribution in [-0.2, 0) is 0 Å². The Kier molecular flexibility index (Phi) is 4.33. The molecule has 0 aliphatic carbocycles. The fourth-order valence-corrected chi connectivity index (χ4v) is 2.65. The largest absolute Gasteiger partial charge is 0.383 e. The van der Waals surface area contributed by atoms with Crippen molar-refractivity contribution in [3.05, 3.63) is 45.8 Å². The standard InChI is InChI=1S/C14H19N3S/c1-3-5-16-13(11-4-6-18-9-11)12-7-10(2)8-17-14(12)15/h4,6-9,13,16H,3,5H2,1-2H3,(H2,15,17). The minimum Gasteiger partial charge on any atom is -0.383 e. The summed E-state index contributed by atoms with van der Waals surface area (Å²) in [6.07, 6.45) is 2.91. The molecule has 0 aromatic carbocycles. The Hall–Kier alpha value is -1.39. The highest BCUT2D eigenvalue weighted by Crippen LogP contribution is 2.27. The van der Waals surface area contributed by atoms with Crippen molar-refractivity contribution in [3.63, 3.8) is 0 Å². The van der Waals surface area contributed by atoms with Gasteiger partial charge in [-0.25, -0.2) is 4.98 Å². The third kappa shape index (κ3) is 2.89. The van der Waals surface area contributed by atoms with E-state index in [1.165, 1.54) is 5.56 Å². The van der Waals surface area contributed by atoms with Gasteiger partial charge >= 0.3 is 0 Å². The minimum atomic E-state index is 0.142. The maximum atomic E-state index is 6.02. The Balaban J connectivity index is 2.36. The monoisotopic (exact) mass is 261 g/mol. The van der Waals surface area contributed by atoms with E-state index in [1.54, 1.807) is 11.3 Å². The van der Waals surface area contributed by atoms with Crippen molar-refractivity contribution in [2.75, 3.05) is 12.3 Å². The second kappa shape index (κ2) is 5.98. The van der Waals surface area contributed by atoms with Crippen LogP contribution in [-0.4, -0.2) is 11.5 Å². The molecule has 0 fully saturated rings. The predicted molar refractivity (Wildman–Crippen MR) is 77.8 cm³/mol. The summed E-state index contributed by atoms with van der Waals surface area (Å²) in [4.78, 5) is 4.26. The first-order valence-corrected chi connectivity index (χ1v) is 7.14. The lowest BCUT2D eigenvalue weighted by Crippen LogP contribution is -2.24. The van der Waals surface area contributed by atoms with E-state index in [0.717, 1.165) is 24.1 Å². The molecule has 1 unspecified atom stereocenters. The Labute approximate surface area is 112 Å². The van der Waals surface area contributed by atoms with Crippen molar-refractivity contribution in [1.82, 2.24) is 10.3 Å². The normalized spacial score (nSPS) is 12.6. The van der Waals surface area contributed by atoms with Gasteiger partial charge in [-0.3, -0.25) is 0 Å². The van der Waals surface area contributed by atoms with Gasteiger partial charge in [-0.15, -0.1) is 0 Å². The van der Waals surface area contributed by atoms with Crippen molar-refractivity contribution < 1.29 is 0 Å². The van der Waals surface area contributed by atoms with Gasteiger partial charge in [-0.05, 0) is 53.9 Å². The third-order valence-corrected chi connectivity index (χ3v) is 3.57. The number of aromatic nitrogens is 1. The lowest BCUT2D eigenvalue weighted by Gasteiger charge is -2.19. The van der Waals surface area contributed by atoms with Crippen molar-refractivity contribution in [1.29, 1.82) is 0 Å². The molecule has 0 spiro atoms. The second-order valence-corrected chi connectivity index (χ2v) is 5.21. The van der Waals surface area contributed by atoms with E-state index in [4.69, 9.17) is 5.73 Å². The number of rotatable bonds is 5. The molecule has 0 bridgehead atoms. The van der Waals surface area contributed by atoms with Crippen molar-refractivity contribution >= 4 is 17.2 Å². The zero-order valence-electron chi connectivity index (χ0n) is 10.8. The summed E-state index contributed by atoms with van der Waals surface area (Å²) in [7, 11) is 0. The molecule has 2 rings (SSSR count). The van der Waals surface area contributed by atoms with Gasteiger partial charge < -0.3 is 11.1 Å². The average molecular weight is 261 g/mol. The quantitative estimate of drug-likeness (QED) is 0.869. The topological polar surface area (TPSA) is 50.9 Å². The van der Waals surface area contributed by atoms with E-state index < -0.39 is 0 Å². The molecule has 96 valence electrons. The van der Waals surface area contributed by atoms with Gasteiger partial charge in [-0.2, -0.15) is 11.3 Å². The number of thiophene rings is 1. The molecular weight excluding hydrogens is 242 g/mol. The molecule has 0 aliphatic rings. The Morgan fingerprint density at radius 2 is 2.33 bits per heavy atom. The molecule has 3 N–H and O–H groups in total. The van der Waals surface area contributed by atoms with Gasteiger partial charge in [0.05, 0.1) is 6.04 Å². The second-order valence-electron chi connectivity index (χ2n) is 4.43. The Bertz CT molecular complexity index is 494. The third-order valence-electron chi connectivity index (χ3n) is 2.87. The van der Waals surface area contributed by atoms with Crippen LogP contribution in [0.2, 0.25) is 0 Å². The summed E-state index contributed by atoms with van der Waals surface area (Å²) in [6, 6.07) is 4.40. The maximum absolute atomic E-state index is 6.02. The number of nitrogen functional groups attached to an aromatic ring is 1. The molecule has 0 saturated carbocycles. The van der Waals surface area contributed by atoms with E-state index in [2.05, 4.69) is 40.1 Å². The van der Waals surface area contributed by atoms with Crippen molar-refractivity contribution in [2.24, 2.45) is 0 Å². The summed E-state index contributed by atoms with van der Waals surface area (Å²) in [5.41, 5.74) is 9.49. The van der Waals surface area contributed by atoms with Crippen LogP contribution in [0.1, 0.15) is 36.1 Å². The van der Waals surface area contributed by atoms with Crippen LogP contribution in [0, 0.1) is 6.92 Å². The highest BCUT2D eigenvalue weighted by Gasteiger charge is 2.17. The SMILES string of the molecule is CCCNC(c1ccsc1)c1cc(C)cnc1N. The first-order valence-electron chi connectivity index (χ1n) is 6.20. The van der Waals surface area contributed by atoms with Crippen LogP contribution in [0.5, 0.6) is 0 Å². The minimum absolute atomic E-state index is 0.142. The van der Waals surface area contributed by atoms with E-state index in [0.29, 0.717) is 5.82 Å². The lowest BCUT2D eigenvalue weighted by molar-refractivity contribution is 0.599. The summed E-state index contributed by atoms with van der Waals surface area (Å²) < 4.78 is 0. The van der Waals surface area contributed by atoms with Gasteiger partial charge in [0.15, 0.2) is 0 Å². The maximum Gasteiger partial charge on any atom is 0.128 e. The van der Waals surface area contributed by atoms with E-state index >= 15 is 0 Å². The molecular formula is C14H19N3S. The first-order chi connectivity index (χ1) is 8.72. The molecule has 18 heavy (non-hydrogen) atoms. The fourth-order valence-electron chi connectivity index (χ4n) is 1.97. The molecule has 0 aliphatic heterocycles. The number of anilines is 1. The number of nitrogens with one attached hydrogen (secondary N) is 1. The van der Waals surface area contributed by atoms with Gasteiger partial charge in [0.25, 0.3) is 0 Å². The molecule has 0 amide bonds. The molecule has 0 radical (unpaired) electrons. The van der Waals surface area contributed by atoms with Gasteiger partial charge in [0.1, 0.15) is 5.82 Å². The number of nitrogens with zero attached hydrogens (tertiary/aromatic N) is 1. The lowest BCUT2D eigenvalue weighted by atomic mass is 10.0. The summed E-state index contributed by atoms with van der Waals surface area (Å²) in [5, 5.41) is 7.80. The highest BCUT2D eigenvalue weighted by molar-refractivity contribution is 7.08. The van der Waals surface area contributed by atoms with Gasteiger partial charge in [-0.1, -0.05) is 6.92 Å². The zero-order valence-corrected chi connectivity index (χ0v) is 11.6. The first kappa shape index (κ1) is 13.1. The number of hydrogen-bond donors (Lipinski definition) is 2. The number of hydrogen-bond acceptors (Lipinski definition) is 4. The van der Waals surface area contributed by atoms with E-state index in [1.807, 2.05) is 13.1 Å². The smallest absolute Gasteiger partial charge is 0.128 e. The molecule has 1 atom stereocenters. The van der Waals surface area contributed by atoms with Crippen LogP contribution >= 0.6 is 11.3 Å². The molecule has 2 heterocycles. The van der Waals surface area contributed by atoms with Crippen molar-refractivity contribution in [3.8, 4) is 0 Å². The molecule has 2 aromatic rings. The van der Waals surface area contributed by atoms with Crippen LogP contribution in [0.25, 0.3) is 0 Å². The van der Waals surface area contributed by atoms with Gasteiger partial charge in [0, 0.05) is 11.8 Å².